The van der Waals surface area contributed by atoms with E-state index < -0.39 is 0 Å². The molecule has 0 saturated heterocycles. The van der Waals surface area contributed by atoms with Crippen molar-refractivity contribution in [3.05, 3.63) is 56.6 Å². The molecule has 0 fully saturated rings. The predicted molar refractivity (Wildman–Crippen MR) is 80.8 cm³/mol. The maximum Gasteiger partial charge on any atom is 0.256 e. The first-order chi connectivity index (χ1) is 8.95. The summed E-state index contributed by atoms with van der Waals surface area (Å²) in [6.07, 6.45) is 1.64. The molecule has 3 nitrogen and oxygen atoms in total. The molecule has 1 aromatic carbocycles. The van der Waals surface area contributed by atoms with Gasteiger partial charge in [-0.3, -0.25) is 4.79 Å². The first kappa shape index (κ1) is 14.0. The topological polar surface area (TPSA) is 42.0 Å². The quantitative estimate of drug-likeness (QED) is 0.883. The van der Waals surface area contributed by atoms with Gasteiger partial charge in [-0.25, -0.2) is 4.98 Å². The van der Waals surface area contributed by atoms with Crippen molar-refractivity contribution in [3.8, 4) is 0 Å². The van der Waals surface area contributed by atoms with Gasteiger partial charge in [-0.05, 0) is 65.2 Å². The third-order valence-corrected chi connectivity index (χ3v) is 3.23. The monoisotopic (exact) mass is 338 g/mol. The Kier molecular flexibility index (Phi) is 4.22. The first-order valence-electron chi connectivity index (χ1n) is 5.66. The van der Waals surface area contributed by atoms with Gasteiger partial charge in [0.15, 0.2) is 0 Å². The average Bonchev–Trinajstić information content (AvgIpc) is 2.31. The zero-order valence-electron chi connectivity index (χ0n) is 10.5. The number of hydrogen-bond donors (Lipinski definition) is 1. The van der Waals surface area contributed by atoms with E-state index in [4.69, 9.17) is 11.6 Å². The fourth-order valence-electron chi connectivity index (χ4n) is 1.72. The number of carbonyl (C=O) groups excluding carboxylic acids is 1. The van der Waals surface area contributed by atoms with Crippen molar-refractivity contribution in [1.29, 1.82) is 0 Å². The maximum absolute atomic E-state index is 12.1. The number of benzene rings is 1. The number of aromatic nitrogens is 1. The van der Waals surface area contributed by atoms with E-state index >= 15 is 0 Å². The van der Waals surface area contributed by atoms with Gasteiger partial charge >= 0.3 is 0 Å². The van der Waals surface area contributed by atoms with Crippen LogP contribution in [-0.4, -0.2) is 10.9 Å². The van der Waals surface area contributed by atoms with Gasteiger partial charge in [0.2, 0.25) is 0 Å². The first-order valence-corrected chi connectivity index (χ1v) is 6.83. The fraction of sp³-hybridized carbons (Fsp3) is 0.143. The number of amides is 1. The lowest BCUT2D eigenvalue weighted by Gasteiger charge is -2.08. The summed E-state index contributed by atoms with van der Waals surface area (Å²) in [5, 5.41) is 3.33. The number of halogens is 2. The van der Waals surface area contributed by atoms with Crippen molar-refractivity contribution < 1.29 is 4.79 Å². The number of nitrogens with one attached hydrogen (secondary N) is 1. The zero-order chi connectivity index (χ0) is 14.0. The van der Waals surface area contributed by atoms with E-state index in [9.17, 15) is 4.79 Å². The van der Waals surface area contributed by atoms with Crippen LogP contribution in [0.5, 0.6) is 0 Å². The summed E-state index contributed by atoms with van der Waals surface area (Å²) in [5.74, 6) is 0.328. The van der Waals surface area contributed by atoms with Crippen LogP contribution in [0.1, 0.15) is 21.5 Å². The van der Waals surface area contributed by atoms with E-state index in [1.807, 2.05) is 26.0 Å². The molecule has 2 rings (SSSR count). The Morgan fingerprint density at radius 2 is 2.00 bits per heavy atom. The highest BCUT2D eigenvalue weighted by molar-refractivity contribution is 9.10. The summed E-state index contributed by atoms with van der Waals surface area (Å²) in [7, 11) is 0. The molecule has 0 aliphatic carbocycles. The molecule has 0 radical (unpaired) electrons. The maximum atomic E-state index is 12.1. The second-order valence-corrected chi connectivity index (χ2v) is 5.64. The number of hydrogen-bond acceptors (Lipinski definition) is 2. The molecule has 19 heavy (non-hydrogen) atoms. The van der Waals surface area contributed by atoms with Crippen LogP contribution >= 0.6 is 27.5 Å². The van der Waals surface area contributed by atoms with Crippen LogP contribution in [0.2, 0.25) is 5.02 Å². The van der Waals surface area contributed by atoms with Crippen LogP contribution in [0, 0.1) is 13.8 Å². The lowest BCUT2D eigenvalue weighted by Crippen LogP contribution is -2.14. The molecule has 0 bridgehead atoms. The molecule has 0 saturated carbocycles. The van der Waals surface area contributed by atoms with E-state index in [1.165, 1.54) is 0 Å². The molecule has 0 spiro atoms. The molecule has 1 amide bonds. The highest BCUT2D eigenvalue weighted by Gasteiger charge is 2.10. The van der Waals surface area contributed by atoms with Crippen LogP contribution < -0.4 is 5.32 Å². The molecule has 1 heterocycles. The summed E-state index contributed by atoms with van der Waals surface area (Å²) in [6.45, 7) is 3.78. The second-order valence-electron chi connectivity index (χ2n) is 4.29. The minimum Gasteiger partial charge on any atom is -0.306 e. The summed E-state index contributed by atoms with van der Waals surface area (Å²) >= 11 is 9.28. The minimum atomic E-state index is -0.219. The van der Waals surface area contributed by atoms with Gasteiger partial charge < -0.3 is 5.32 Å². The van der Waals surface area contributed by atoms with Crippen molar-refractivity contribution in [2.45, 2.75) is 13.8 Å². The molecule has 0 atom stereocenters. The van der Waals surface area contributed by atoms with E-state index in [-0.39, 0.29) is 5.91 Å². The Morgan fingerprint density at radius 1 is 1.26 bits per heavy atom. The molecule has 98 valence electrons. The molecule has 1 aromatic heterocycles. The number of rotatable bonds is 2. The van der Waals surface area contributed by atoms with Crippen molar-refractivity contribution >= 4 is 39.3 Å². The second kappa shape index (κ2) is 5.72. The smallest absolute Gasteiger partial charge is 0.256 e. The SMILES string of the molecule is Cc1cc(Cl)cc(C(=O)Nc2ncc(Br)cc2C)c1. The fourth-order valence-corrected chi connectivity index (χ4v) is 2.45. The van der Waals surface area contributed by atoms with Crippen molar-refractivity contribution in [2.24, 2.45) is 0 Å². The largest absolute Gasteiger partial charge is 0.306 e. The lowest BCUT2D eigenvalue weighted by molar-refractivity contribution is 0.102. The van der Waals surface area contributed by atoms with Gasteiger partial charge in [-0.15, -0.1) is 0 Å². The van der Waals surface area contributed by atoms with Gasteiger partial charge in [0.1, 0.15) is 5.82 Å². The van der Waals surface area contributed by atoms with Crippen molar-refractivity contribution in [1.82, 2.24) is 4.98 Å². The van der Waals surface area contributed by atoms with Gasteiger partial charge in [0.05, 0.1) is 0 Å². The molecule has 0 aliphatic heterocycles. The average molecular weight is 340 g/mol. The Labute approximate surface area is 125 Å². The molecule has 0 aliphatic rings. The molecular formula is C14H12BrClN2O. The summed E-state index contributed by atoms with van der Waals surface area (Å²) in [4.78, 5) is 16.3. The summed E-state index contributed by atoms with van der Waals surface area (Å²) < 4.78 is 0.876. The molecule has 2 aromatic rings. The Hall–Kier alpha value is -1.39. The van der Waals surface area contributed by atoms with Gasteiger partial charge in [0, 0.05) is 21.3 Å². The van der Waals surface area contributed by atoms with Crippen molar-refractivity contribution in [2.75, 3.05) is 5.32 Å². The van der Waals surface area contributed by atoms with E-state index in [1.54, 1.807) is 18.3 Å². The standard InChI is InChI=1S/C14H12BrClN2O/c1-8-3-10(6-12(16)4-8)14(19)18-13-9(2)5-11(15)7-17-13/h3-7H,1-2H3,(H,17,18,19). The normalized spacial score (nSPS) is 10.3. The number of pyridine rings is 1. The number of nitrogens with zero attached hydrogens (tertiary/aromatic N) is 1. The molecule has 0 unspecified atom stereocenters. The Balaban J connectivity index is 2.25. The van der Waals surface area contributed by atoms with Crippen LogP contribution in [-0.2, 0) is 0 Å². The number of carbonyl (C=O) groups is 1. The Bertz CT molecular complexity index is 623. The van der Waals surface area contributed by atoms with E-state index in [0.717, 1.165) is 15.6 Å². The molecular weight excluding hydrogens is 328 g/mol. The summed E-state index contributed by atoms with van der Waals surface area (Å²) in [5.41, 5.74) is 2.36. The third-order valence-electron chi connectivity index (χ3n) is 2.58. The highest BCUT2D eigenvalue weighted by Crippen LogP contribution is 2.19. The van der Waals surface area contributed by atoms with Crippen molar-refractivity contribution in [3.63, 3.8) is 0 Å². The highest BCUT2D eigenvalue weighted by atomic mass is 79.9. The van der Waals surface area contributed by atoms with Crippen LogP contribution in [0.3, 0.4) is 0 Å². The molecule has 5 heteroatoms. The van der Waals surface area contributed by atoms with Crippen LogP contribution in [0.15, 0.2) is 34.9 Å². The predicted octanol–water partition coefficient (Wildman–Crippen LogP) is 4.37. The van der Waals surface area contributed by atoms with E-state index in [0.29, 0.717) is 16.4 Å². The Morgan fingerprint density at radius 3 is 2.63 bits per heavy atom. The molecule has 1 N–H and O–H groups in total. The van der Waals surface area contributed by atoms with Gasteiger partial charge in [-0.1, -0.05) is 11.6 Å². The van der Waals surface area contributed by atoms with Crippen LogP contribution in [0.4, 0.5) is 5.82 Å². The lowest BCUT2D eigenvalue weighted by atomic mass is 10.1. The zero-order valence-corrected chi connectivity index (χ0v) is 12.8. The summed E-state index contributed by atoms with van der Waals surface area (Å²) in [6, 6.07) is 7.13. The number of anilines is 1. The number of aryl methyl sites for hydroxylation is 2. The third kappa shape index (κ3) is 3.55. The van der Waals surface area contributed by atoms with Gasteiger partial charge in [0.25, 0.3) is 5.91 Å². The van der Waals surface area contributed by atoms with E-state index in [2.05, 4.69) is 26.2 Å². The van der Waals surface area contributed by atoms with Crippen LogP contribution in [0.25, 0.3) is 0 Å². The minimum absolute atomic E-state index is 0.219. The van der Waals surface area contributed by atoms with Gasteiger partial charge in [-0.2, -0.15) is 0 Å².